The summed E-state index contributed by atoms with van der Waals surface area (Å²) in [5.74, 6) is 0.148. The average Bonchev–Trinajstić information content (AvgIpc) is 2.29. The Kier molecular flexibility index (Phi) is 5.38. The fourth-order valence-corrected chi connectivity index (χ4v) is 3.04. The molecule has 0 saturated heterocycles. The highest BCUT2D eigenvalue weighted by atomic mass is 32.2. The van der Waals surface area contributed by atoms with Crippen LogP contribution in [0.3, 0.4) is 0 Å². The average molecular weight is 284 g/mol. The first-order valence-corrected chi connectivity index (χ1v) is 8.11. The van der Waals surface area contributed by atoms with Crippen molar-refractivity contribution in [2.24, 2.45) is 5.41 Å². The molecule has 0 aliphatic heterocycles. The van der Waals surface area contributed by atoms with Crippen LogP contribution < -0.4 is 10.0 Å². The predicted octanol–water partition coefficient (Wildman–Crippen LogP) is 2.58. The number of anilines is 1. The van der Waals surface area contributed by atoms with Gasteiger partial charge in [0, 0.05) is 12.2 Å². The van der Waals surface area contributed by atoms with Crippen LogP contribution in [0.5, 0.6) is 0 Å². The maximum absolute atomic E-state index is 11.9. The van der Waals surface area contributed by atoms with Crippen molar-refractivity contribution in [2.45, 2.75) is 33.7 Å². The Hall–Kier alpha value is -1.07. The molecule has 1 aromatic carbocycles. The summed E-state index contributed by atoms with van der Waals surface area (Å²) in [6.45, 7) is 6.89. The maximum Gasteiger partial charge on any atom is 0.232 e. The van der Waals surface area contributed by atoms with E-state index in [4.69, 9.17) is 0 Å². The van der Waals surface area contributed by atoms with Gasteiger partial charge in [0.2, 0.25) is 10.0 Å². The van der Waals surface area contributed by atoms with Crippen LogP contribution in [0.15, 0.2) is 24.3 Å². The standard InChI is InChI=1S/C14H24N2O2S/c1-14(2,3)9-10-19(17,18)16-13-7-5-12(6-8-13)11-15-4/h5-8,15-16H,9-11H2,1-4H3. The van der Waals surface area contributed by atoms with E-state index >= 15 is 0 Å². The summed E-state index contributed by atoms with van der Waals surface area (Å²) < 4.78 is 26.5. The zero-order valence-electron chi connectivity index (χ0n) is 12.2. The molecule has 0 heterocycles. The van der Waals surface area contributed by atoms with Crippen LogP contribution in [0, 0.1) is 5.41 Å². The molecule has 19 heavy (non-hydrogen) atoms. The second-order valence-corrected chi connectivity index (χ2v) is 7.80. The second-order valence-electron chi connectivity index (χ2n) is 5.96. The van der Waals surface area contributed by atoms with Crippen LogP contribution in [0.2, 0.25) is 0 Å². The Bertz CT molecular complexity index is 487. The van der Waals surface area contributed by atoms with E-state index in [0.717, 1.165) is 12.1 Å². The van der Waals surface area contributed by atoms with Crippen molar-refractivity contribution in [1.29, 1.82) is 0 Å². The van der Waals surface area contributed by atoms with Gasteiger partial charge in [-0.05, 0) is 36.6 Å². The van der Waals surface area contributed by atoms with Crippen molar-refractivity contribution in [1.82, 2.24) is 5.32 Å². The van der Waals surface area contributed by atoms with Gasteiger partial charge in [-0.15, -0.1) is 0 Å². The largest absolute Gasteiger partial charge is 0.316 e. The Balaban J connectivity index is 2.62. The Labute approximate surface area is 116 Å². The van der Waals surface area contributed by atoms with Crippen LogP contribution in [-0.4, -0.2) is 21.2 Å². The summed E-state index contributed by atoms with van der Waals surface area (Å²) in [4.78, 5) is 0. The molecule has 0 fully saturated rings. The first-order chi connectivity index (χ1) is 8.72. The third kappa shape index (κ3) is 6.59. The van der Waals surface area contributed by atoms with Crippen molar-refractivity contribution in [3.63, 3.8) is 0 Å². The molecular formula is C14H24N2O2S. The molecule has 1 aromatic rings. The maximum atomic E-state index is 11.9. The van der Waals surface area contributed by atoms with Crippen LogP contribution in [0.25, 0.3) is 0 Å². The molecule has 0 amide bonds. The molecule has 1 rings (SSSR count). The summed E-state index contributed by atoms with van der Waals surface area (Å²) in [5, 5.41) is 3.05. The SMILES string of the molecule is CNCc1ccc(NS(=O)(=O)CCC(C)(C)C)cc1. The van der Waals surface area contributed by atoms with E-state index in [9.17, 15) is 8.42 Å². The summed E-state index contributed by atoms with van der Waals surface area (Å²) in [6, 6.07) is 7.42. The number of benzene rings is 1. The third-order valence-electron chi connectivity index (χ3n) is 2.73. The third-order valence-corrected chi connectivity index (χ3v) is 4.02. The molecule has 4 nitrogen and oxygen atoms in total. The summed E-state index contributed by atoms with van der Waals surface area (Å²) in [5.41, 5.74) is 1.76. The number of sulfonamides is 1. The molecule has 0 atom stereocenters. The molecule has 0 saturated carbocycles. The van der Waals surface area contributed by atoms with E-state index in [1.807, 2.05) is 40.0 Å². The van der Waals surface area contributed by atoms with Crippen LogP contribution in [0.1, 0.15) is 32.8 Å². The molecule has 0 bridgehead atoms. The van der Waals surface area contributed by atoms with Gasteiger partial charge in [-0.25, -0.2) is 8.42 Å². The minimum Gasteiger partial charge on any atom is -0.316 e. The smallest absolute Gasteiger partial charge is 0.232 e. The van der Waals surface area contributed by atoms with Crippen LogP contribution in [0.4, 0.5) is 5.69 Å². The number of rotatable bonds is 6. The van der Waals surface area contributed by atoms with Gasteiger partial charge in [-0.2, -0.15) is 0 Å². The van der Waals surface area contributed by atoms with Gasteiger partial charge < -0.3 is 5.32 Å². The molecule has 0 aromatic heterocycles. The van der Waals surface area contributed by atoms with Crippen molar-refractivity contribution >= 4 is 15.7 Å². The Morgan fingerprint density at radius 2 is 1.68 bits per heavy atom. The number of nitrogens with one attached hydrogen (secondary N) is 2. The molecular weight excluding hydrogens is 260 g/mol. The lowest BCUT2D eigenvalue weighted by Crippen LogP contribution is -2.20. The molecule has 2 N–H and O–H groups in total. The molecule has 0 radical (unpaired) electrons. The normalized spacial score (nSPS) is 12.4. The molecule has 0 aliphatic rings. The van der Waals surface area contributed by atoms with Gasteiger partial charge in [-0.3, -0.25) is 4.72 Å². The summed E-state index contributed by atoms with van der Waals surface area (Å²) >= 11 is 0. The highest BCUT2D eigenvalue weighted by Gasteiger charge is 2.17. The van der Waals surface area contributed by atoms with E-state index in [1.54, 1.807) is 12.1 Å². The van der Waals surface area contributed by atoms with E-state index in [1.165, 1.54) is 0 Å². The van der Waals surface area contributed by atoms with Crippen molar-refractivity contribution in [3.05, 3.63) is 29.8 Å². The highest BCUT2D eigenvalue weighted by Crippen LogP contribution is 2.20. The van der Waals surface area contributed by atoms with Gasteiger partial charge in [0.25, 0.3) is 0 Å². The number of hydrogen-bond donors (Lipinski definition) is 2. The fraction of sp³-hybridized carbons (Fsp3) is 0.571. The highest BCUT2D eigenvalue weighted by molar-refractivity contribution is 7.92. The van der Waals surface area contributed by atoms with Crippen LogP contribution in [-0.2, 0) is 16.6 Å². The van der Waals surface area contributed by atoms with Gasteiger partial charge in [0.15, 0.2) is 0 Å². The molecule has 5 heteroatoms. The van der Waals surface area contributed by atoms with E-state index < -0.39 is 10.0 Å². The molecule has 0 aliphatic carbocycles. The minimum atomic E-state index is -3.26. The predicted molar refractivity (Wildman–Crippen MR) is 80.7 cm³/mol. The summed E-state index contributed by atoms with van der Waals surface area (Å²) in [7, 11) is -1.38. The van der Waals surface area contributed by atoms with E-state index in [2.05, 4.69) is 10.0 Å². The van der Waals surface area contributed by atoms with Crippen LogP contribution >= 0.6 is 0 Å². The minimum absolute atomic E-state index is 0.0192. The molecule has 0 spiro atoms. The van der Waals surface area contributed by atoms with E-state index in [-0.39, 0.29) is 11.2 Å². The first kappa shape index (κ1) is 16.0. The van der Waals surface area contributed by atoms with Crippen molar-refractivity contribution in [3.8, 4) is 0 Å². The lowest BCUT2D eigenvalue weighted by atomic mass is 9.94. The zero-order chi connectivity index (χ0) is 14.5. The first-order valence-electron chi connectivity index (χ1n) is 6.46. The van der Waals surface area contributed by atoms with Crippen molar-refractivity contribution in [2.75, 3.05) is 17.5 Å². The quantitative estimate of drug-likeness (QED) is 0.844. The molecule has 108 valence electrons. The second kappa shape index (κ2) is 6.39. The van der Waals surface area contributed by atoms with Gasteiger partial charge in [0.1, 0.15) is 0 Å². The van der Waals surface area contributed by atoms with Gasteiger partial charge in [-0.1, -0.05) is 32.9 Å². The van der Waals surface area contributed by atoms with Gasteiger partial charge >= 0.3 is 0 Å². The van der Waals surface area contributed by atoms with E-state index in [0.29, 0.717) is 12.1 Å². The summed E-state index contributed by atoms with van der Waals surface area (Å²) in [6.07, 6.45) is 0.639. The van der Waals surface area contributed by atoms with Gasteiger partial charge in [0.05, 0.1) is 5.75 Å². The lowest BCUT2D eigenvalue weighted by molar-refractivity contribution is 0.397. The lowest BCUT2D eigenvalue weighted by Gasteiger charge is -2.18. The Morgan fingerprint density at radius 3 is 2.16 bits per heavy atom. The zero-order valence-corrected chi connectivity index (χ0v) is 13.0. The fourth-order valence-electron chi connectivity index (χ4n) is 1.57. The molecule has 0 unspecified atom stereocenters. The number of hydrogen-bond acceptors (Lipinski definition) is 3. The Morgan fingerprint density at radius 1 is 1.11 bits per heavy atom. The van der Waals surface area contributed by atoms with Crippen molar-refractivity contribution < 1.29 is 8.42 Å². The topological polar surface area (TPSA) is 58.2 Å². The monoisotopic (exact) mass is 284 g/mol.